The maximum Gasteiger partial charge on any atom is 0.232 e. The summed E-state index contributed by atoms with van der Waals surface area (Å²) in [7, 11) is 1.75. The largest absolute Gasteiger partial charge is 0.312 e. The summed E-state index contributed by atoms with van der Waals surface area (Å²) in [6, 6.07) is 6.08. The predicted octanol–water partition coefficient (Wildman–Crippen LogP) is 2.49. The van der Waals surface area contributed by atoms with Gasteiger partial charge in [-0.1, -0.05) is 12.1 Å². The molecule has 1 fully saturated rings. The molecule has 1 heterocycles. The van der Waals surface area contributed by atoms with Gasteiger partial charge in [-0.2, -0.15) is 0 Å². The number of fused-ring (bicyclic) bond motifs is 1. The van der Waals surface area contributed by atoms with Gasteiger partial charge in [-0.05, 0) is 42.9 Å². The van der Waals surface area contributed by atoms with E-state index >= 15 is 0 Å². The van der Waals surface area contributed by atoms with Crippen LogP contribution in [0.2, 0.25) is 0 Å². The Morgan fingerprint density at radius 3 is 2.76 bits per heavy atom. The molecule has 1 aliphatic carbocycles. The summed E-state index contributed by atoms with van der Waals surface area (Å²) in [5.41, 5.74) is 3.54. The van der Waals surface area contributed by atoms with Crippen LogP contribution in [0.3, 0.4) is 0 Å². The van der Waals surface area contributed by atoms with Crippen LogP contribution in [0.25, 0.3) is 0 Å². The van der Waals surface area contributed by atoms with E-state index in [4.69, 9.17) is 10.7 Å². The number of rotatable bonds is 3. The highest BCUT2D eigenvalue weighted by molar-refractivity contribution is 8.13. The Kier molecular flexibility index (Phi) is 3.97. The van der Waals surface area contributed by atoms with Crippen molar-refractivity contribution >= 4 is 31.3 Å². The number of halogens is 1. The summed E-state index contributed by atoms with van der Waals surface area (Å²) in [6.07, 6.45) is 4.65. The lowest BCUT2D eigenvalue weighted by atomic mass is 9.90. The van der Waals surface area contributed by atoms with Crippen LogP contribution in [0.4, 0.5) is 5.69 Å². The van der Waals surface area contributed by atoms with Crippen LogP contribution in [-0.4, -0.2) is 26.6 Å². The minimum Gasteiger partial charge on any atom is -0.312 e. The smallest absolute Gasteiger partial charge is 0.232 e. The van der Waals surface area contributed by atoms with Gasteiger partial charge in [0.25, 0.3) is 0 Å². The Morgan fingerprint density at radius 1 is 1.24 bits per heavy atom. The van der Waals surface area contributed by atoms with Gasteiger partial charge in [0.05, 0.1) is 5.75 Å². The second-order valence-corrected chi connectivity index (χ2v) is 8.72. The van der Waals surface area contributed by atoms with E-state index in [9.17, 15) is 13.2 Å². The van der Waals surface area contributed by atoms with Crippen molar-refractivity contribution in [3.63, 3.8) is 0 Å². The molecule has 2 aliphatic rings. The van der Waals surface area contributed by atoms with E-state index in [1.165, 1.54) is 17.5 Å². The normalized spacial score (nSPS) is 22.4. The van der Waals surface area contributed by atoms with E-state index < -0.39 is 9.05 Å². The number of benzene rings is 1. The topological polar surface area (TPSA) is 54.5 Å². The minimum absolute atomic E-state index is 0.000657. The van der Waals surface area contributed by atoms with Crippen LogP contribution in [0, 0.1) is 5.92 Å². The zero-order chi connectivity index (χ0) is 15.0. The molecule has 1 aliphatic heterocycles. The van der Waals surface area contributed by atoms with Gasteiger partial charge in [-0.25, -0.2) is 8.42 Å². The van der Waals surface area contributed by atoms with Gasteiger partial charge in [-0.3, -0.25) is 4.79 Å². The lowest BCUT2D eigenvalue weighted by Gasteiger charge is -2.25. The molecule has 0 spiro atoms. The van der Waals surface area contributed by atoms with E-state index in [-0.39, 0.29) is 24.0 Å². The lowest BCUT2D eigenvalue weighted by molar-refractivity contribution is -0.117. The Bertz CT molecular complexity index is 671. The first kappa shape index (κ1) is 14.9. The van der Waals surface area contributed by atoms with Crippen LogP contribution in [0.5, 0.6) is 0 Å². The van der Waals surface area contributed by atoms with Gasteiger partial charge in [0.2, 0.25) is 15.0 Å². The van der Waals surface area contributed by atoms with Gasteiger partial charge in [0.15, 0.2) is 0 Å². The van der Waals surface area contributed by atoms with Crippen molar-refractivity contribution in [2.45, 2.75) is 32.1 Å². The molecule has 4 nitrogen and oxygen atoms in total. The van der Waals surface area contributed by atoms with Gasteiger partial charge >= 0.3 is 0 Å². The van der Waals surface area contributed by atoms with E-state index in [0.717, 1.165) is 24.9 Å². The molecule has 0 N–H and O–H groups in total. The third-order valence-corrected chi connectivity index (χ3v) is 5.55. The summed E-state index contributed by atoms with van der Waals surface area (Å²) in [6.45, 7) is 0.446. The number of hydrogen-bond acceptors (Lipinski definition) is 3. The van der Waals surface area contributed by atoms with Crippen LogP contribution in [-0.2, 0) is 26.7 Å². The summed E-state index contributed by atoms with van der Waals surface area (Å²) in [5.74, 6) is -0.343. The molecule has 1 aromatic rings. The molecule has 0 saturated carbocycles. The lowest BCUT2D eigenvalue weighted by Crippen LogP contribution is -2.27. The van der Waals surface area contributed by atoms with Gasteiger partial charge < -0.3 is 4.90 Å². The fraction of sp³-hybridized carbons (Fsp3) is 0.533. The van der Waals surface area contributed by atoms with Gasteiger partial charge in [0.1, 0.15) is 0 Å². The first-order valence-corrected chi connectivity index (χ1v) is 9.75. The minimum atomic E-state index is -3.56. The highest BCUT2D eigenvalue weighted by atomic mass is 35.7. The van der Waals surface area contributed by atoms with E-state index in [1.807, 2.05) is 12.1 Å². The van der Waals surface area contributed by atoms with Crippen molar-refractivity contribution in [3.8, 4) is 0 Å². The highest BCUT2D eigenvalue weighted by Gasteiger charge is 2.34. The third-order valence-electron chi connectivity index (χ3n) is 4.30. The van der Waals surface area contributed by atoms with Crippen LogP contribution in [0.1, 0.15) is 30.4 Å². The number of aryl methyl sites for hydroxylation is 1. The molecule has 1 aromatic carbocycles. The second-order valence-electron chi connectivity index (χ2n) is 5.90. The summed E-state index contributed by atoms with van der Waals surface area (Å²) in [4.78, 5) is 14.0. The molecule has 1 unspecified atom stereocenters. The first-order valence-electron chi connectivity index (χ1n) is 7.27. The molecular weight excluding hydrogens is 310 g/mol. The molecule has 1 atom stereocenters. The monoisotopic (exact) mass is 327 g/mol. The quantitative estimate of drug-likeness (QED) is 0.801. The fourth-order valence-corrected chi connectivity index (χ4v) is 4.74. The number of anilines is 1. The molecule has 1 amide bonds. The molecule has 0 radical (unpaired) electrons. The number of amides is 1. The zero-order valence-corrected chi connectivity index (χ0v) is 13.3. The molecular formula is C15H18ClNO3S. The maximum atomic E-state index is 12.2. The number of carbonyl (C=O) groups is 1. The van der Waals surface area contributed by atoms with Crippen LogP contribution < -0.4 is 4.90 Å². The van der Waals surface area contributed by atoms with Crippen molar-refractivity contribution in [3.05, 3.63) is 29.3 Å². The van der Waals surface area contributed by atoms with E-state index in [1.54, 1.807) is 4.90 Å². The molecule has 114 valence electrons. The Hall–Kier alpha value is -1.07. The summed E-state index contributed by atoms with van der Waals surface area (Å²) in [5, 5.41) is 0. The van der Waals surface area contributed by atoms with Gasteiger partial charge in [-0.15, -0.1) is 0 Å². The van der Waals surface area contributed by atoms with Crippen LogP contribution in [0.15, 0.2) is 18.2 Å². The predicted molar refractivity (Wildman–Crippen MR) is 83.2 cm³/mol. The average Bonchev–Trinajstić information content (AvgIpc) is 2.76. The van der Waals surface area contributed by atoms with E-state index in [2.05, 4.69) is 6.07 Å². The molecule has 3 rings (SSSR count). The molecule has 1 saturated heterocycles. The Balaban J connectivity index is 1.86. The molecule has 0 aromatic heterocycles. The first-order chi connectivity index (χ1) is 9.94. The fourth-order valence-electron chi connectivity index (χ4n) is 3.42. The van der Waals surface area contributed by atoms with Crippen molar-refractivity contribution in [1.29, 1.82) is 0 Å². The Morgan fingerprint density at radius 2 is 2.00 bits per heavy atom. The van der Waals surface area contributed by atoms with Crippen LogP contribution >= 0.6 is 10.7 Å². The highest BCUT2D eigenvalue weighted by Crippen LogP contribution is 2.34. The summed E-state index contributed by atoms with van der Waals surface area (Å²) < 4.78 is 22.4. The second kappa shape index (κ2) is 5.61. The SMILES string of the molecule is O=C1CC(CS(=O)(=O)Cl)CN1c1cccc2c1CCCC2. The molecule has 21 heavy (non-hydrogen) atoms. The number of nitrogens with zero attached hydrogens (tertiary/aromatic N) is 1. The average molecular weight is 328 g/mol. The number of carbonyl (C=O) groups excluding carboxylic acids is 1. The van der Waals surface area contributed by atoms with Crippen molar-refractivity contribution in [2.75, 3.05) is 17.2 Å². The van der Waals surface area contributed by atoms with Crippen molar-refractivity contribution in [2.24, 2.45) is 5.92 Å². The zero-order valence-electron chi connectivity index (χ0n) is 11.7. The number of hydrogen-bond donors (Lipinski definition) is 0. The third kappa shape index (κ3) is 3.24. The standard InChI is InChI=1S/C15H18ClNO3S/c16-21(19,20)10-11-8-15(18)17(9-11)14-7-3-5-12-4-1-2-6-13(12)14/h3,5,7,11H,1-2,4,6,8-10H2. The van der Waals surface area contributed by atoms with Crippen molar-refractivity contribution < 1.29 is 13.2 Å². The van der Waals surface area contributed by atoms with Crippen molar-refractivity contribution in [1.82, 2.24) is 0 Å². The Labute approximate surface area is 129 Å². The van der Waals surface area contributed by atoms with E-state index in [0.29, 0.717) is 6.54 Å². The molecule has 6 heteroatoms. The maximum absolute atomic E-state index is 12.2. The van der Waals surface area contributed by atoms with Gasteiger partial charge in [0, 0.05) is 35.3 Å². The summed E-state index contributed by atoms with van der Waals surface area (Å²) >= 11 is 0. The molecule has 0 bridgehead atoms.